The summed E-state index contributed by atoms with van der Waals surface area (Å²) < 4.78 is 14.3. The molecule has 1 fully saturated rings. The van der Waals surface area contributed by atoms with Gasteiger partial charge in [0.2, 0.25) is 0 Å². The SMILES string of the molecule is O=C(Nc1ccc2c(c1)OC1(CCCC1)O2)c1c[nH]c(=S)n1-c1ccccc1. The Labute approximate surface area is 167 Å². The summed E-state index contributed by atoms with van der Waals surface area (Å²) in [6, 6.07) is 15.0. The maximum Gasteiger partial charge on any atom is 0.274 e. The number of nitrogens with zero attached hydrogens (tertiary/aromatic N) is 1. The Morgan fingerprint density at radius 1 is 1.07 bits per heavy atom. The van der Waals surface area contributed by atoms with E-state index in [1.54, 1.807) is 10.8 Å². The molecule has 1 amide bonds. The van der Waals surface area contributed by atoms with E-state index in [4.69, 9.17) is 21.7 Å². The highest BCUT2D eigenvalue weighted by Crippen LogP contribution is 2.47. The summed E-state index contributed by atoms with van der Waals surface area (Å²) in [5.74, 6) is 0.632. The van der Waals surface area contributed by atoms with Crippen LogP contribution < -0.4 is 14.8 Å². The van der Waals surface area contributed by atoms with Gasteiger partial charge in [0.1, 0.15) is 5.69 Å². The molecule has 7 heteroatoms. The lowest BCUT2D eigenvalue weighted by Crippen LogP contribution is -2.34. The molecule has 2 aliphatic rings. The molecule has 6 nitrogen and oxygen atoms in total. The summed E-state index contributed by atoms with van der Waals surface area (Å²) in [7, 11) is 0. The average molecular weight is 393 g/mol. The lowest BCUT2D eigenvalue weighted by atomic mass is 10.2. The molecular formula is C21H19N3O3S. The Bertz CT molecular complexity index is 1100. The number of para-hydroxylation sites is 1. The zero-order valence-electron chi connectivity index (χ0n) is 15.1. The Morgan fingerprint density at radius 3 is 2.61 bits per heavy atom. The molecule has 3 aromatic rings. The average Bonchev–Trinajstić information content (AvgIpc) is 3.41. The molecule has 1 aromatic heterocycles. The zero-order valence-corrected chi connectivity index (χ0v) is 15.9. The second-order valence-electron chi connectivity index (χ2n) is 7.09. The van der Waals surface area contributed by atoms with Crippen molar-refractivity contribution in [2.45, 2.75) is 31.5 Å². The van der Waals surface area contributed by atoms with Gasteiger partial charge in [-0.2, -0.15) is 0 Å². The van der Waals surface area contributed by atoms with E-state index in [0.29, 0.717) is 21.9 Å². The molecule has 0 unspecified atom stereocenters. The molecule has 28 heavy (non-hydrogen) atoms. The van der Waals surface area contributed by atoms with Crippen LogP contribution in [0.1, 0.15) is 36.2 Å². The standard InChI is InChI=1S/C21H19N3O3S/c25-19(16-13-22-20(28)24(16)15-6-2-1-3-7-15)23-14-8-9-17-18(12-14)27-21(26-17)10-4-5-11-21/h1-3,6-9,12-13H,4-5,10-11H2,(H,22,28)(H,23,25). The number of ether oxygens (including phenoxy) is 2. The molecule has 0 radical (unpaired) electrons. The predicted molar refractivity (Wildman–Crippen MR) is 108 cm³/mol. The third-order valence-electron chi connectivity index (χ3n) is 5.18. The molecule has 0 atom stereocenters. The van der Waals surface area contributed by atoms with Crippen molar-refractivity contribution in [1.29, 1.82) is 0 Å². The molecule has 142 valence electrons. The number of nitrogens with one attached hydrogen (secondary N) is 2. The van der Waals surface area contributed by atoms with E-state index in [9.17, 15) is 4.79 Å². The van der Waals surface area contributed by atoms with Crippen LogP contribution in [-0.2, 0) is 0 Å². The summed E-state index contributed by atoms with van der Waals surface area (Å²) in [5, 5.41) is 2.93. The minimum Gasteiger partial charge on any atom is -0.448 e. The number of hydrogen-bond acceptors (Lipinski definition) is 4. The number of fused-ring (bicyclic) bond motifs is 1. The first-order valence-corrected chi connectivity index (χ1v) is 9.74. The van der Waals surface area contributed by atoms with Crippen molar-refractivity contribution in [3.05, 3.63) is 65.2 Å². The van der Waals surface area contributed by atoms with Crippen molar-refractivity contribution in [3.63, 3.8) is 0 Å². The minimum atomic E-state index is -0.515. The zero-order chi connectivity index (χ0) is 19.1. The largest absolute Gasteiger partial charge is 0.448 e. The molecule has 2 heterocycles. The molecule has 1 saturated carbocycles. The normalized spacial score (nSPS) is 16.4. The van der Waals surface area contributed by atoms with Gasteiger partial charge in [-0.05, 0) is 49.3 Å². The summed E-state index contributed by atoms with van der Waals surface area (Å²) in [4.78, 5) is 15.9. The molecule has 1 aliphatic carbocycles. The number of benzene rings is 2. The van der Waals surface area contributed by atoms with E-state index in [1.807, 2.05) is 48.5 Å². The number of hydrogen-bond donors (Lipinski definition) is 2. The molecule has 0 saturated heterocycles. The number of carbonyl (C=O) groups excluding carboxylic acids is 1. The number of anilines is 1. The Hall–Kier alpha value is -3.06. The Morgan fingerprint density at radius 2 is 1.82 bits per heavy atom. The van der Waals surface area contributed by atoms with Crippen molar-refractivity contribution in [1.82, 2.24) is 9.55 Å². The monoisotopic (exact) mass is 393 g/mol. The van der Waals surface area contributed by atoms with Crippen molar-refractivity contribution >= 4 is 23.8 Å². The minimum absolute atomic E-state index is 0.259. The van der Waals surface area contributed by atoms with Crippen molar-refractivity contribution in [2.75, 3.05) is 5.32 Å². The van der Waals surface area contributed by atoms with Crippen LogP contribution in [-0.4, -0.2) is 21.2 Å². The number of aromatic amines is 1. The number of amides is 1. The van der Waals surface area contributed by atoms with Crippen LogP contribution in [0, 0.1) is 4.77 Å². The van der Waals surface area contributed by atoms with Gasteiger partial charge in [-0.1, -0.05) is 18.2 Å². The maximum absolute atomic E-state index is 12.9. The molecule has 2 N–H and O–H groups in total. The second kappa shape index (κ2) is 6.53. The number of imidazole rings is 1. The Kier molecular flexibility index (Phi) is 3.98. The molecule has 5 rings (SSSR count). The van der Waals surface area contributed by atoms with Gasteiger partial charge in [-0.15, -0.1) is 0 Å². The third kappa shape index (κ3) is 2.88. The lowest BCUT2D eigenvalue weighted by Gasteiger charge is -2.21. The topological polar surface area (TPSA) is 68.3 Å². The fourth-order valence-electron chi connectivity index (χ4n) is 3.85. The molecule has 1 spiro atoms. The van der Waals surface area contributed by atoms with Crippen LogP contribution in [0.15, 0.2) is 54.7 Å². The summed E-state index contributed by atoms with van der Waals surface area (Å²) in [5.41, 5.74) is 1.91. The van der Waals surface area contributed by atoms with Crippen LogP contribution in [0.4, 0.5) is 5.69 Å². The highest BCUT2D eigenvalue weighted by atomic mass is 32.1. The van der Waals surface area contributed by atoms with Crippen molar-refractivity contribution in [2.24, 2.45) is 0 Å². The van der Waals surface area contributed by atoms with Gasteiger partial charge < -0.3 is 19.8 Å². The van der Waals surface area contributed by atoms with Gasteiger partial charge in [0.25, 0.3) is 11.7 Å². The molecular weight excluding hydrogens is 374 g/mol. The Balaban J connectivity index is 1.40. The third-order valence-corrected chi connectivity index (χ3v) is 5.48. The number of rotatable bonds is 3. The van der Waals surface area contributed by atoms with E-state index in [1.165, 1.54) is 0 Å². The van der Waals surface area contributed by atoms with Crippen molar-refractivity contribution < 1.29 is 14.3 Å². The van der Waals surface area contributed by atoms with E-state index >= 15 is 0 Å². The van der Waals surface area contributed by atoms with E-state index in [0.717, 1.165) is 37.1 Å². The van der Waals surface area contributed by atoms with Crippen LogP contribution in [0.25, 0.3) is 5.69 Å². The van der Waals surface area contributed by atoms with Gasteiger partial charge in [-0.3, -0.25) is 9.36 Å². The molecule has 1 aliphatic heterocycles. The highest BCUT2D eigenvalue weighted by Gasteiger charge is 2.44. The first-order chi connectivity index (χ1) is 13.6. The fraction of sp³-hybridized carbons (Fsp3) is 0.238. The van der Waals surface area contributed by atoms with Crippen molar-refractivity contribution in [3.8, 4) is 17.2 Å². The highest BCUT2D eigenvalue weighted by molar-refractivity contribution is 7.71. The van der Waals surface area contributed by atoms with Gasteiger partial charge in [0.05, 0.1) is 0 Å². The number of H-pyrrole nitrogens is 1. The molecule has 0 bridgehead atoms. The fourth-order valence-corrected chi connectivity index (χ4v) is 4.12. The van der Waals surface area contributed by atoms with Gasteiger partial charge in [0, 0.05) is 36.5 Å². The van der Waals surface area contributed by atoms with Gasteiger partial charge in [-0.25, -0.2) is 0 Å². The smallest absolute Gasteiger partial charge is 0.274 e. The maximum atomic E-state index is 12.9. The summed E-state index contributed by atoms with van der Waals surface area (Å²) in [6.45, 7) is 0. The summed E-state index contributed by atoms with van der Waals surface area (Å²) in [6.07, 6.45) is 5.61. The number of carbonyl (C=O) groups is 1. The van der Waals surface area contributed by atoms with E-state index in [2.05, 4.69) is 10.3 Å². The van der Waals surface area contributed by atoms with Crippen LogP contribution >= 0.6 is 12.2 Å². The lowest BCUT2D eigenvalue weighted by molar-refractivity contribution is -0.0716. The van der Waals surface area contributed by atoms with Gasteiger partial charge in [0.15, 0.2) is 16.3 Å². The predicted octanol–water partition coefficient (Wildman–Crippen LogP) is 4.83. The van der Waals surface area contributed by atoms with Crippen LogP contribution in [0.2, 0.25) is 0 Å². The van der Waals surface area contributed by atoms with E-state index in [-0.39, 0.29) is 5.91 Å². The first-order valence-electron chi connectivity index (χ1n) is 9.33. The molecule has 2 aromatic carbocycles. The van der Waals surface area contributed by atoms with E-state index < -0.39 is 5.79 Å². The summed E-state index contributed by atoms with van der Waals surface area (Å²) >= 11 is 5.35. The first kappa shape index (κ1) is 17.1. The van der Waals surface area contributed by atoms with Crippen LogP contribution in [0.3, 0.4) is 0 Å². The quantitative estimate of drug-likeness (QED) is 0.626. The second-order valence-corrected chi connectivity index (χ2v) is 7.47. The number of aromatic nitrogens is 2. The van der Waals surface area contributed by atoms with Gasteiger partial charge >= 0.3 is 0 Å². The van der Waals surface area contributed by atoms with Crippen LogP contribution in [0.5, 0.6) is 11.5 Å².